The molecular formula is C23H32N2O7S2. The topological polar surface area (TPSA) is 121 Å². The van der Waals surface area contributed by atoms with Gasteiger partial charge >= 0.3 is 5.97 Å². The van der Waals surface area contributed by atoms with Crippen LogP contribution < -0.4 is 9.64 Å². The molecule has 0 radical (unpaired) electrons. The molecule has 0 atom stereocenters. The molecule has 11 heteroatoms. The summed E-state index contributed by atoms with van der Waals surface area (Å²) in [6, 6.07) is 11.6. The Balaban J connectivity index is 2.74. The molecule has 0 fully saturated rings. The average molecular weight is 513 g/mol. The van der Waals surface area contributed by atoms with Gasteiger partial charge in [0, 0.05) is 33.4 Å². The number of sulfone groups is 1. The highest BCUT2D eigenvalue weighted by Crippen LogP contribution is 2.38. The maximum absolute atomic E-state index is 13.2. The van der Waals surface area contributed by atoms with Crippen molar-refractivity contribution in [3.8, 4) is 5.75 Å². The number of rotatable bonds is 13. The molecule has 0 heterocycles. The van der Waals surface area contributed by atoms with Gasteiger partial charge in [0.1, 0.15) is 21.3 Å². The van der Waals surface area contributed by atoms with Gasteiger partial charge in [-0.1, -0.05) is 43.7 Å². The molecule has 0 aliphatic heterocycles. The molecule has 188 valence electrons. The van der Waals surface area contributed by atoms with E-state index >= 15 is 0 Å². The smallest absolute Gasteiger partial charge is 0.335 e. The Morgan fingerprint density at radius 1 is 1.03 bits per heavy atom. The molecule has 34 heavy (non-hydrogen) atoms. The Labute approximate surface area is 201 Å². The second kappa shape index (κ2) is 11.7. The fraction of sp³-hybridized carbons (Fsp3) is 0.435. The first-order valence-electron chi connectivity index (χ1n) is 10.8. The first-order valence-corrected chi connectivity index (χ1v) is 14.3. The number of unbranched alkanes of at least 4 members (excludes halogenated alkanes) is 1. The fourth-order valence-corrected chi connectivity index (χ4v) is 4.81. The number of ether oxygens (including phenoxy) is 1. The van der Waals surface area contributed by atoms with E-state index in [0.717, 1.165) is 28.6 Å². The Morgan fingerprint density at radius 3 is 2.21 bits per heavy atom. The monoisotopic (exact) mass is 512 g/mol. The standard InChI is InChI=1S/C23H32N2O7S2/c1-5-6-12-25(13-14-33(4,28)29)20-15-19(23(26)27)16-21(34(30,31)24(2)3)22(20)32-17-18-10-8-7-9-11-18/h7-11,15-16H,5-6,12-14,17H2,1-4H3,(H,26,27). The third-order valence-electron chi connectivity index (χ3n) is 5.12. The van der Waals surface area contributed by atoms with Gasteiger partial charge in [-0.05, 0) is 24.1 Å². The number of carbonyl (C=O) groups is 1. The van der Waals surface area contributed by atoms with E-state index < -0.39 is 25.8 Å². The highest BCUT2D eigenvalue weighted by molar-refractivity contribution is 7.90. The van der Waals surface area contributed by atoms with E-state index in [1.165, 1.54) is 20.2 Å². The average Bonchev–Trinajstić information content (AvgIpc) is 2.77. The predicted octanol–water partition coefficient (Wildman–Crippen LogP) is 2.87. The molecule has 0 bridgehead atoms. The van der Waals surface area contributed by atoms with Crippen molar-refractivity contribution < 1.29 is 31.5 Å². The summed E-state index contributed by atoms with van der Waals surface area (Å²) in [5.74, 6) is -1.49. The lowest BCUT2D eigenvalue weighted by Gasteiger charge is -2.29. The summed E-state index contributed by atoms with van der Waals surface area (Å²) in [6.07, 6.45) is 2.61. The highest BCUT2D eigenvalue weighted by Gasteiger charge is 2.29. The number of carboxylic acids is 1. The lowest BCUT2D eigenvalue weighted by Crippen LogP contribution is -2.31. The summed E-state index contributed by atoms with van der Waals surface area (Å²) in [7, 11) is -4.71. The minimum atomic E-state index is -4.09. The second-order valence-electron chi connectivity index (χ2n) is 8.16. The number of sulfonamides is 1. The van der Waals surface area contributed by atoms with Crippen molar-refractivity contribution in [1.29, 1.82) is 0 Å². The van der Waals surface area contributed by atoms with Gasteiger partial charge in [-0.25, -0.2) is 25.9 Å². The summed E-state index contributed by atoms with van der Waals surface area (Å²) >= 11 is 0. The quantitative estimate of drug-likeness (QED) is 0.435. The zero-order valence-electron chi connectivity index (χ0n) is 19.9. The SMILES string of the molecule is CCCCN(CCS(C)(=O)=O)c1cc(C(=O)O)cc(S(=O)(=O)N(C)C)c1OCc1ccccc1. The molecule has 2 rings (SSSR count). The summed E-state index contributed by atoms with van der Waals surface area (Å²) in [5.41, 5.74) is 0.789. The normalized spacial score (nSPS) is 12.0. The van der Waals surface area contributed by atoms with E-state index in [2.05, 4.69) is 0 Å². The van der Waals surface area contributed by atoms with E-state index in [4.69, 9.17) is 4.74 Å². The Hall–Kier alpha value is -2.63. The summed E-state index contributed by atoms with van der Waals surface area (Å²) in [5, 5.41) is 9.69. The van der Waals surface area contributed by atoms with E-state index in [1.54, 1.807) is 4.90 Å². The van der Waals surface area contributed by atoms with Crippen LogP contribution in [0.25, 0.3) is 0 Å². The van der Waals surface area contributed by atoms with Crippen LogP contribution in [0.2, 0.25) is 0 Å². The zero-order valence-corrected chi connectivity index (χ0v) is 21.5. The van der Waals surface area contributed by atoms with Crippen LogP contribution in [0.15, 0.2) is 47.4 Å². The molecule has 2 aromatic rings. The summed E-state index contributed by atoms with van der Waals surface area (Å²) < 4.78 is 57.1. The molecule has 0 unspecified atom stereocenters. The first kappa shape index (κ1) is 27.6. The molecule has 0 aliphatic carbocycles. The molecule has 0 aromatic heterocycles. The van der Waals surface area contributed by atoms with Crippen LogP contribution in [-0.2, 0) is 26.5 Å². The molecule has 0 saturated carbocycles. The van der Waals surface area contributed by atoms with Crippen molar-refractivity contribution in [2.75, 3.05) is 44.1 Å². The van der Waals surface area contributed by atoms with Crippen molar-refractivity contribution in [1.82, 2.24) is 4.31 Å². The number of anilines is 1. The predicted molar refractivity (Wildman–Crippen MR) is 132 cm³/mol. The van der Waals surface area contributed by atoms with Crippen molar-refractivity contribution >= 4 is 31.5 Å². The van der Waals surface area contributed by atoms with Gasteiger partial charge in [0.2, 0.25) is 10.0 Å². The Morgan fingerprint density at radius 2 is 1.68 bits per heavy atom. The van der Waals surface area contributed by atoms with Crippen LogP contribution in [0.4, 0.5) is 5.69 Å². The van der Waals surface area contributed by atoms with Crippen LogP contribution in [0, 0.1) is 0 Å². The maximum atomic E-state index is 13.2. The minimum absolute atomic E-state index is 0.00726. The van der Waals surface area contributed by atoms with E-state index in [9.17, 15) is 26.7 Å². The Kier molecular flexibility index (Phi) is 9.48. The molecule has 9 nitrogen and oxygen atoms in total. The lowest BCUT2D eigenvalue weighted by atomic mass is 10.1. The second-order valence-corrected chi connectivity index (χ2v) is 12.5. The van der Waals surface area contributed by atoms with Gasteiger partial charge in [0.05, 0.1) is 17.0 Å². The largest absolute Gasteiger partial charge is 0.485 e. The minimum Gasteiger partial charge on any atom is -0.485 e. The van der Waals surface area contributed by atoms with Gasteiger partial charge in [0.25, 0.3) is 0 Å². The van der Waals surface area contributed by atoms with Crippen molar-refractivity contribution in [2.45, 2.75) is 31.3 Å². The number of hydrogen-bond acceptors (Lipinski definition) is 7. The molecular weight excluding hydrogens is 480 g/mol. The zero-order chi connectivity index (χ0) is 25.5. The van der Waals surface area contributed by atoms with Crippen molar-refractivity contribution in [3.05, 3.63) is 53.6 Å². The van der Waals surface area contributed by atoms with E-state index in [0.29, 0.717) is 13.0 Å². The number of benzene rings is 2. The lowest BCUT2D eigenvalue weighted by molar-refractivity contribution is 0.0696. The van der Waals surface area contributed by atoms with Gasteiger partial charge in [-0.15, -0.1) is 0 Å². The molecule has 1 N–H and O–H groups in total. The van der Waals surface area contributed by atoms with Gasteiger partial charge in [0.15, 0.2) is 5.75 Å². The molecule has 0 spiro atoms. The van der Waals surface area contributed by atoms with Crippen molar-refractivity contribution in [2.24, 2.45) is 0 Å². The first-order chi connectivity index (χ1) is 15.9. The number of aromatic carboxylic acids is 1. The maximum Gasteiger partial charge on any atom is 0.335 e. The highest BCUT2D eigenvalue weighted by atomic mass is 32.2. The van der Waals surface area contributed by atoms with Gasteiger partial charge in [-0.2, -0.15) is 0 Å². The third-order valence-corrected chi connectivity index (χ3v) is 7.87. The van der Waals surface area contributed by atoms with E-state index in [1.807, 2.05) is 37.3 Å². The summed E-state index contributed by atoms with van der Waals surface area (Å²) in [6.45, 7) is 2.48. The van der Waals surface area contributed by atoms with Crippen LogP contribution in [0.3, 0.4) is 0 Å². The third kappa shape index (κ3) is 7.44. The Bertz CT molecular complexity index is 1200. The van der Waals surface area contributed by atoms with Crippen LogP contribution >= 0.6 is 0 Å². The van der Waals surface area contributed by atoms with Gasteiger partial charge in [-0.3, -0.25) is 0 Å². The molecule has 0 amide bonds. The fourth-order valence-electron chi connectivity index (χ4n) is 3.19. The van der Waals surface area contributed by atoms with Gasteiger partial charge < -0.3 is 14.7 Å². The van der Waals surface area contributed by atoms with E-state index in [-0.39, 0.29) is 40.8 Å². The van der Waals surface area contributed by atoms with Crippen molar-refractivity contribution in [3.63, 3.8) is 0 Å². The summed E-state index contributed by atoms with van der Waals surface area (Å²) in [4.78, 5) is 13.3. The van der Waals surface area contributed by atoms with Crippen LogP contribution in [-0.4, -0.2) is 71.4 Å². The number of hydrogen-bond donors (Lipinski definition) is 1. The molecule has 2 aromatic carbocycles. The number of nitrogens with zero attached hydrogens (tertiary/aromatic N) is 2. The molecule has 0 saturated heterocycles. The van der Waals surface area contributed by atoms with Crippen LogP contribution in [0.5, 0.6) is 5.75 Å². The van der Waals surface area contributed by atoms with Crippen LogP contribution in [0.1, 0.15) is 35.7 Å². The molecule has 0 aliphatic rings. The number of carboxylic acid groups (broad SMARTS) is 1.